The first kappa shape index (κ1) is 8.08. The van der Waals surface area contributed by atoms with Crippen LogP contribution in [-0.4, -0.2) is 28.9 Å². The van der Waals surface area contributed by atoms with Crippen molar-refractivity contribution in [1.82, 2.24) is 4.31 Å². The van der Waals surface area contributed by atoms with E-state index in [9.17, 15) is 4.79 Å². The van der Waals surface area contributed by atoms with Gasteiger partial charge in [0.05, 0.1) is 6.54 Å². The zero-order valence-corrected chi connectivity index (χ0v) is 7.12. The van der Waals surface area contributed by atoms with Gasteiger partial charge in [-0.2, -0.15) is 0 Å². The van der Waals surface area contributed by atoms with Crippen LogP contribution in [0.3, 0.4) is 0 Å². The Kier molecular flexibility index (Phi) is 3.22. The molecule has 1 saturated heterocycles. The molecule has 58 valence electrons. The summed E-state index contributed by atoms with van der Waals surface area (Å²) in [6.07, 6.45) is 2.55. The number of hydrogen-bond donors (Lipinski definition) is 0. The number of Topliss-reactive ketones (excluding diaryl/α,β-unsaturated/α-hetero) is 1. The molecule has 1 aliphatic heterocycles. The predicted molar refractivity (Wildman–Crippen MR) is 43.9 cm³/mol. The monoisotopic (exact) mass is 159 g/mol. The highest BCUT2D eigenvalue weighted by Crippen LogP contribution is 2.18. The SMILES string of the molecule is CC(=O)CN1CCCCS1. The van der Waals surface area contributed by atoms with E-state index in [-0.39, 0.29) is 5.78 Å². The molecular formula is C7H13NOS. The Morgan fingerprint density at radius 3 is 2.90 bits per heavy atom. The summed E-state index contributed by atoms with van der Waals surface area (Å²) in [5, 5.41) is 0. The smallest absolute Gasteiger partial charge is 0.144 e. The molecule has 0 spiro atoms. The third kappa shape index (κ3) is 2.71. The van der Waals surface area contributed by atoms with Crippen molar-refractivity contribution < 1.29 is 4.79 Å². The third-order valence-electron chi connectivity index (χ3n) is 1.47. The highest BCUT2D eigenvalue weighted by Gasteiger charge is 2.11. The van der Waals surface area contributed by atoms with E-state index in [1.807, 2.05) is 0 Å². The van der Waals surface area contributed by atoms with Crippen LogP contribution in [-0.2, 0) is 4.79 Å². The van der Waals surface area contributed by atoms with Crippen molar-refractivity contribution in [1.29, 1.82) is 0 Å². The number of carbonyl (C=O) groups excluding carboxylic acids is 1. The van der Waals surface area contributed by atoms with E-state index in [0.29, 0.717) is 6.54 Å². The van der Waals surface area contributed by atoms with Gasteiger partial charge in [0.15, 0.2) is 0 Å². The van der Waals surface area contributed by atoms with Gasteiger partial charge in [-0.05, 0) is 19.8 Å². The Balaban J connectivity index is 2.19. The zero-order valence-electron chi connectivity index (χ0n) is 6.30. The van der Waals surface area contributed by atoms with Gasteiger partial charge in [0.2, 0.25) is 0 Å². The molecule has 0 aliphatic carbocycles. The molecule has 1 rings (SSSR count). The molecular weight excluding hydrogens is 146 g/mol. The second kappa shape index (κ2) is 3.98. The van der Waals surface area contributed by atoms with Crippen LogP contribution in [0, 0.1) is 0 Å². The maximum atomic E-state index is 10.7. The lowest BCUT2D eigenvalue weighted by molar-refractivity contribution is -0.117. The molecule has 0 aromatic heterocycles. The van der Waals surface area contributed by atoms with Crippen LogP contribution in [0.5, 0.6) is 0 Å². The molecule has 0 N–H and O–H groups in total. The minimum Gasteiger partial charge on any atom is -0.299 e. The van der Waals surface area contributed by atoms with Gasteiger partial charge in [0.25, 0.3) is 0 Å². The van der Waals surface area contributed by atoms with Crippen LogP contribution in [0.1, 0.15) is 19.8 Å². The molecule has 0 unspecified atom stereocenters. The van der Waals surface area contributed by atoms with E-state index in [2.05, 4.69) is 4.31 Å². The fraction of sp³-hybridized carbons (Fsp3) is 0.857. The van der Waals surface area contributed by atoms with Gasteiger partial charge >= 0.3 is 0 Å². The van der Waals surface area contributed by atoms with Gasteiger partial charge < -0.3 is 0 Å². The van der Waals surface area contributed by atoms with Crippen molar-refractivity contribution >= 4 is 17.7 Å². The Morgan fingerprint density at radius 1 is 1.60 bits per heavy atom. The summed E-state index contributed by atoms with van der Waals surface area (Å²) in [7, 11) is 0. The summed E-state index contributed by atoms with van der Waals surface area (Å²) in [4.78, 5) is 10.7. The first-order valence-electron chi connectivity index (χ1n) is 3.66. The average molecular weight is 159 g/mol. The Morgan fingerprint density at radius 2 is 2.40 bits per heavy atom. The molecule has 1 heterocycles. The number of hydrogen-bond acceptors (Lipinski definition) is 3. The summed E-state index contributed by atoms with van der Waals surface area (Å²) < 4.78 is 2.16. The Labute approximate surface area is 66.1 Å². The van der Waals surface area contributed by atoms with Gasteiger partial charge in [-0.25, -0.2) is 4.31 Å². The Hall–Kier alpha value is -0.0200. The van der Waals surface area contributed by atoms with Crippen molar-refractivity contribution in [3.63, 3.8) is 0 Å². The molecule has 0 radical (unpaired) electrons. The van der Waals surface area contributed by atoms with Crippen molar-refractivity contribution in [2.45, 2.75) is 19.8 Å². The maximum Gasteiger partial charge on any atom is 0.144 e. The first-order chi connectivity index (χ1) is 4.79. The molecule has 0 amide bonds. The van der Waals surface area contributed by atoms with Crippen molar-refractivity contribution in [3.8, 4) is 0 Å². The fourth-order valence-electron chi connectivity index (χ4n) is 1.02. The third-order valence-corrected chi connectivity index (χ3v) is 2.62. The standard InChI is InChI=1S/C7H13NOS/c1-7(9)6-8-4-2-3-5-10-8/h2-6H2,1H3. The van der Waals surface area contributed by atoms with Crippen LogP contribution < -0.4 is 0 Å². The van der Waals surface area contributed by atoms with E-state index >= 15 is 0 Å². The quantitative estimate of drug-likeness (QED) is 0.567. The van der Waals surface area contributed by atoms with Crippen molar-refractivity contribution in [2.75, 3.05) is 18.8 Å². The summed E-state index contributed by atoms with van der Waals surface area (Å²) in [5.41, 5.74) is 0. The summed E-state index contributed by atoms with van der Waals surface area (Å²) in [5.74, 6) is 1.46. The number of ketones is 1. The number of nitrogens with zero attached hydrogens (tertiary/aromatic N) is 1. The van der Waals surface area contributed by atoms with Crippen LogP contribution in [0.15, 0.2) is 0 Å². The van der Waals surface area contributed by atoms with Crippen LogP contribution in [0.2, 0.25) is 0 Å². The van der Waals surface area contributed by atoms with Gasteiger partial charge in [-0.1, -0.05) is 11.9 Å². The lowest BCUT2D eigenvalue weighted by Crippen LogP contribution is -2.26. The Bertz CT molecular complexity index is 121. The van der Waals surface area contributed by atoms with Crippen LogP contribution >= 0.6 is 11.9 Å². The molecule has 0 atom stereocenters. The van der Waals surface area contributed by atoms with E-state index in [0.717, 1.165) is 6.54 Å². The second-order valence-electron chi connectivity index (χ2n) is 2.61. The number of carbonyl (C=O) groups is 1. The molecule has 0 bridgehead atoms. The molecule has 10 heavy (non-hydrogen) atoms. The van der Waals surface area contributed by atoms with Gasteiger partial charge in [0, 0.05) is 12.3 Å². The molecule has 0 saturated carbocycles. The lowest BCUT2D eigenvalue weighted by atomic mass is 10.3. The van der Waals surface area contributed by atoms with Crippen molar-refractivity contribution in [3.05, 3.63) is 0 Å². The minimum absolute atomic E-state index is 0.273. The molecule has 1 aliphatic rings. The van der Waals surface area contributed by atoms with Gasteiger partial charge in [-0.15, -0.1) is 0 Å². The van der Waals surface area contributed by atoms with E-state index in [1.165, 1.54) is 18.6 Å². The second-order valence-corrected chi connectivity index (χ2v) is 3.79. The highest BCUT2D eigenvalue weighted by atomic mass is 32.2. The fourth-order valence-corrected chi connectivity index (χ4v) is 2.14. The zero-order chi connectivity index (χ0) is 7.40. The molecule has 0 aromatic rings. The molecule has 3 heteroatoms. The average Bonchev–Trinajstić information content (AvgIpc) is 1.88. The number of rotatable bonds is 2. The first-order valence-corrected chi connectivity index (χ1v) is 4.60. The van der Waals surface area contributed by atoms with Gasteiger partial charge in [-0.3, -0.25) is 4.79 Å². The maximum absolute atomic E-state index is 10.7. The topological polar surface area (TPSA) is 20.3 Å². The molecule has 1 fully saturated rings. The molecule has 2 nitrogen and oxygen atoms in total. The largest absolute Gasteiger partial charge is 0.299 e. The molecule has 0 aromatic carbocycles. The summed E-state index contributed by atoms with van der Waals surface area (Å²) in [6, 6.07) is 0. The summed E-state index contributed by atoms with van der Waals surface area (Å²) >= 11 is 1.80. The normalized spacial score (nSPS) is 20.9. The predicted octanol–water partition coefficient (Wildman–Crippen LogP) is 1.32. The van der Waals surface area contributed by atoms with Crippen LogP contribution in [0.4, 0.5) is 0 Å². The van der Waals surface area contributed by atoms with Gasteiger partial charge in [0.1, 0.15) is 5.78 Å². The van der Waals surface area contributed by atoms with E-state index < -0.39 is 0 Å². The summed E-state index contributed by atoms with van der Waals surface area (Å²) in [6.45, 7) is 3.37. The minimum atomic E-state index is 0.273. The highest BCUT2D eigenvalue weighted by molar-refractivity contribution is 7.97. The van der Waals surface area contributed by atoms with Crippen molar-refractivity contribution in [2.24, 2.45) is 0 Å². The van der Waals surface area contributed by atoms with E-state index in [4.69, 9.17) is 0 Å². The van der Waals surface area contributed by atoms with E-state index in [1.54, 1.807) is 18.9 Å². The van der Waals surface area contributed by atoms with Crippen LogP contribution in [0.25, 0.3) is 0 Å². The lowest BCUT2D eigenvalue weighted by Gasteiger charge is -2.23.